The minimum Gasteiger partial charge on any atom is -0.394 e. The fourth-order valence-corrected chi connectivity index (χ4v) is 3.13. The standard InChI is InChI=1S/C13H19N3O5/c1-12(2)20-9-7(6-17)19-10(13(9,3)21-12)16-5-4-8(14)15-11(16)18/h4-5,7,9-10,17H,6H2,1-3H3,(H2,14,15,18)/t7-,9-,10-,13-/m1/s1. The molecule has 0 bridgehead atoms. The van der Waals surface area contributed by atoms with E-state index in [1.807, 2.05) is 0 Å². The van der Waals surface area contributed by atoms with Crippen LogP contribution in [0.1, 0.15) is 27.0 Å². The summed E-state index contributed by atoms with van der Waals surface area (Å²) >= 11 is 0. The van der Waals surface area contributed by atoms with Gasteiger partial charge in [0.05, 0.1) is 6.61 Å². The number of aromatic nitrogens is 2. The average Bonchev–Trinajstić information content (AvgIpc) is 2.76. The van der Waals surface area contributed by atoms with E-state index in [2.05, 4.69) is 4.98 Å². The molecule has 0 saturated carbocycles. The van der Waals surface area contributed by atoms with Crippen LogP contribution in [-0.2, 0) is 14.2 Å². The van der Waals surface area contributed by atoms with Crippen LogP contribution in [0.4, 0.5) is 5.82 Å². The molecule has 2 aliphatic rings. The van der Waals surface area contributed by atoms with E-state index in [1.54, 1.807) is 20.8 Å². The maximum absolute atomic E-state index is 12.0. The minimum atomic E-state index is -0.904. The number of hydrogen-bond acceptors (Lipinski definition) is 7. The van der Waals surface area contributed by atoms with Crippen LogP contribution < -0.4 is 11.4 Å². The van der Waals surface area contributed by atoms with Crippen molar-refractivity contribution in [2.75, 3.05) is 12.3 Å². The van der Waals surface area contributed by atoms with Crippen molar-refractivity contribution in [2.45, 2.75) is 50.6 Å². The Labute approximate surface area is 121 Å². The lowest BCUT2D eigenvalue weighted by Gasteiger charge is -2.30. The number of fused-ring (bicyclic) bond motifs is 1. The molecule has 2 saturated heterocycles. The van der Waals surface area contributed by atoms with Gasteiger partial charge in [0.15, 0.2) is 12.0 Å². The number of aliphatic hydroxyl groups is 1. The monoisotopic (exact) mass is 297 g/mol. The van der Waals surface area contributed by atoms with E-state index in [0.717, 1.165) is 0 Å². The second-order valence-electron chi connectivity index (χ2n) is 5.98. The van der Waals surface area contributed by atoms with Gasteiger partial charge >= 0.3 is 5.69 Å². The molecule has 0 spiro atoms. The molecular weight excluding hydrogens is 278 g/mol. The topological polar surface area (TPSA) is 109 Å². The second kappa shape index (κ2) is 4.51. The molecule has 3 heterocycles. The highest BCUT2D eigenvalue weighted by molar-refractivity contribution is 5.24. The van der Waals surface area contributed by atoms with Crippen molar-refractivity contribution in [3.8, 4) is 0 Å². The van der Waals surface area contributed by atoms with Gasteiger partial charge in [0.2, 0.25) is 0 Å². The van der Waals surface area contributed by atoms with Crippen molar-refractivity contribution in [1.29, 1.82) is 0 Å². The third-order valence-corrected chi connectivity index (χ3v) is 3.86. The molecule has 8 nitrogen and oxygen atoms in total. The summed E-state index contributed by atoms with van der Waals surface area (Å²) in [6.07, 6.45) is -0.299. The summed E-state index contributed by atoms with van der Waals surface area (Å²) in [6, 6.07) is 1.51. The molecule has 21 heavy (non-hydrogen) atoms. The SMILES string of the molecule is CC1(C)O[C@@H]2[C@@H](CO)O[C@@H](n3ccc(N)nc3=O)[C@]2(C)O1. The molecule has 8 heteroatoms. The van der Waals surface area contributed by atoms with Crippen LogP contribution in [0.2, 0.25) is 0 Å². The smallest absolute Gasteiger partial charge is 0.351 e. The highest BCUT2D eigenvalue weighted by Gasteiger charge is 2.64. The summed E-state index contributed by atoms with van der Waals surface area (Å²) < 4.78 is 18.9. The summed E-state index contributed by atoms with van der Waals surface area (Å²) in [4.78, 5) is 15.7. The highest BCUT2D eigenvalue weighted by atomic mass is 16.8. The maximum atomic E-state index is 12.0. The zero-order chi connectivity index (χ0) is 15.4. The summed E-state index contributed by atoms with van der Waals surface area (Å²) in [6.45, 7) is 5.14. The summed E-state index contributed by atoms with van der Waals surface area (Å²) in [5.41, 5.74) is 4.06. The van der Waals surface area contributed by atoms with Crippen molar-refractivity contribution < 1.29 is 19.3 Å². The molecule has 3 N–H and O–H groups in total. The van der Waals surface area contributed by atoms with Crippen LogP contribution in [0, 0.1) is 0 Å². The summed E-state index contributed by atoms with van der Waals surface area (Å²) in [5.74, 6) is -0.682. The van der Waals surface area contributed by atoms with Crippen LogP contribution in [0.3, 0.4) is 0 Å². The van der Waals surface area contributed by atoms with Crippen molar-refractivity contribution in [2.24, 2.45) is 0 Å². The Kier molecular flexibility index (Phi) is 3.10. The van der Waals surface area contributed by atoms with Crippen molar-refractivity contribution in [1.82, 2.24) is 9.55 Å². The zero-order valence-electron chi connectivity index (χ0n) is 12.1. The van der Waals surface area contributed by atoms with Gasteiger partial charge in [-0.2, -0.15) is 4.98 Å². The van der Waals surface area contributed by atoms with E-state index in [0.29, 0.717) is 0 Å². The van der Waals surface area contributed by atoms with Gasteiger partial charge in [0.25, 0.3) is 0 Å². The molecular formula is C13H19N3O5. The fourth-order valence-electron chi connectivity index (χ4n) is 3.13. The molecule has 3 rings (SSSR count). The van der Waals surface area contributed by atoms with E-state index in [1.165, 1.54) is 16.8 Å². The van der Waals surface area contributed by atoms with Gasteiger partial charge in [0, 0.05) is 6.20 Å². The van der Waals surface area contributed by atoms with Gasteiger partial charge in [-0.3, -0.25) is 4.57 Å². The molecule has 0 aromatic carbocycles. The summed E-state index contributed by atoms with van der Waals surface area (Å²) in [5, 5.41) is 9.49. The molecule has 2 fully saturated rings. The third-order valence-electron chi connectivity index (χ3n) is 3.86. The first-order valence-corrected chi connectivity index (χ1v) is 6.76. The molecule has 0 amide bonds. The Balaban J connectivity index is 2.05. The Hall–Kier alpha value is -1.48. The predicted molar refractivity (Wildman–Crippen MR) is 72.3 cm³/mol. The highest BCUT2D eigenvalue weighted by Crippen LogP contribution is 2.50. The maximum Gasteiger partial charge on any atom is 0.351 e. The van der Waals surface area contributed by atoms with Gasteiger partial charge < -0.3 is 25.1 Å². The molecule has 0 radical (unpaired) electrons. The van der Waals surface area contributed by atoms with Gasteiger partial charge in [0.1, 0.15) is 23.6 Å². The van der Waals surface area contributed by atoms with E-state index in [9.17, 15) is 9.90 Å². The Bertz CT molecular complexity index is 616. The van der Waals surface area contributed by atoms with E-state index >= 15 is 0 Å². The first-order chi connectivity index (χ1) is 9.77. The molecule has 0 aliphatic carbocycles. The number of nitrogens with two attached hydrogens (primary N) is 1. The number of nitrogens with zero attached hydrogens (tertiary/aromatic N) is 2. The molecule has 4 atom stereocenters. The molecule has 2 aliphatic heterocycles. The second-order valence-corrected chi connectivity index (χ2v) is 5.98. The molecule has 1 aromatic rings. The normalized spacial score (nSPS) is 37.6. The van der Waals surface area contributed by atoms with Gasteiger partial charge in [-0.05, 0) is 26.8 Å². The quantitative estimate of drug-likeness (QED) is 0.766. The number of aliphatic hydroxyl groups excluding tert-OH is 1. The van der Waals surface area contributed by atoms with E-state index < -0.39 is 35.5 Å². The lowest BCUT2D eigenvalue weighted by atomic mass is 9.96. The van der Waals surface area contributed by atoms with Gasteiger partial charge in [-0.1, -0.05) is 0 Å². The Morgan fingerprint density at radius 3 is 2.81 bits per heavy atom. The zero-order valence-corrected chi connectivity index (χ0v) is 12.1. The first-order valence-electron chi connectivity index (χ1n) is 6.76. The number of rotatable bonds is 2. The van der Waals surface area contributed by atoms with E-state index in [4.69, 9.17) is 19.9 Å². The Morgan fingerprint density at radius 2 is 2.19 bits per heavy atom. The average molecular weight is 297 g/mol. The van der Waals surface area contributed by atoms with Crippen molar-refractivity contribution in [3.05, 3.63) is 22.7 Å². The molecule has 1 aromatic heterocycles. The van der Waals surface area contributed by atoms with Crippen molar-refractivity contribution in [3.63, 3.8) is 0 Å². The molecule has 116 valence electrons. The van der Waals surface area contributed by atoms with Crippen LogP contribution in [0.15, 0.2) is 17.1 Å². The lowest BCUT2D eigenvalue weighted by molar-refractivity contribution is -0.218. The van der Waals surface area contributed by atoms with Crippen molar-refractivity contribution >= 4 is 5.82 Å². The van der Waals surface area contributed by atoms with Crippen LogP contribution in [0.5, 0.6) is 0 Å². The Morgan fingerprint density at radius 1 is 1.48 bits per heavy atom. The number of ether oxygens (including phenoxy) is 3. The number of anilines is 1. The fraction of sp³-hybridized carbons (Fsp3) is 0.692. The molecule has 0 unspecified atom stereocenters. The van der Waals surface area contributed by atoms with Gasteiger partial charge in [-0.15, -0.1) is 0 Å². The predicted octanol–water partition coefficient (Wildman–Crippen LogP) is -0.375. The van der Waals surface area contributed by atoms with Crippen LogP contribution >= 0.6 is 0 Å². The largest absolute Gasteiger partial charge is 0.394 e. The minimum absolute atomic E-state index is 0.138. The van der Waals surface area contributed by atoms with Gasteiger partial charge in [-0.25, -0.2) is 4.79 Å². The van der Waals surface area contributed by atoms with Crippen LogP contribution in [0.25, 0.3) is 0 Å². The van der Waals surface area contributed by atoms with Crippen LogP contribution in [-0.4, -0.2) is 44.9 Å². The van der Waals surface area contributed by atoms with E-state index in [-0.39, 0.29) is 12.4 Å². The number of nitrogen functional groups attached to an aromatic ring is 1. The lowest BCUT2D eigenvalue weighted by Crippen LogP contribution is -2.44. The number of hydrogen-bond donors (Lipinski definition) is 2. The first kappa shape index (κ1) is 14.5. The summed E-state index contributed by atoms with van der Waals surface area (Å²) in [7, 11) is 0. The third kappa shape index (κ3) is 2.15.